The van der Waals surface area contributed by atoms with E-state index in [2.05, 4.69) is 10.2 Å². The van der Waals surface area contributed by atoms with Crippen LogP contribution in [0.3, 0.4) is 0 Å². The molecule has 1 aromatic carbocycles. The van der Waals surface area contributed by atoms with E-state index in [9.17, 15) is 13.6 Å². The van der Waals surface area contributed by atoms with Crippen LogP contribution in [0.2, 0.25) is 0 Å². The lowest BCUT2D eigenvalue weighted by Gasteiger charge is -2.24. The van der Waals surface area contributed by atoms with E-state index in [1.165, 1.54) is 6.07 Å². The first-order chi connectivity index (χ1) is 11.9. The molecule has 1 heterocycles. The fraction of sp³-hybridized carbons (Fsp3) is 0.444. The Morgan fingerprint density at radius 2 is 1.96 bits per heavy atom. The summed E-state index contributed by atoms with van der Waals surface area (Å²) in [5.41, 5.74) is 1.90. The number of H-pyrrole nitrogens is 1. The Labute approximate surface area is 145 Å². The normalized spacial score (nSPS) is 14.1. The third kappa shape index (κ3) is 4.42. The van der Waals surface area contributed by atoms with Crippen molar-refractivity contribution in [2.24, 2.45) is 0 Å². The molecular weight excluding hydrogens is 326 g/mol. The molecule has 0 radical (unpaired) electrons. The van der Waals surface area contributed by atoms with Crippen molar-refractivity contribution in [1.82, 2.24) is 20.0 Å². The SMILES string of the molecule is CN(C)CCN(Cc1ccc(F)c(F)c1)C(=O)c1cc(C2CC2)[nH]n1. The van der Waals surface area contributed by atoms with E-state index in [4.69, 9.17) is 0 Å². The number of nitrogens with zero attached hydrogens (tertiary/aromatic N) is 3. The minimum absolute atomic E-state index is 0.204. The number of amides is 1. The first kappa shape index (κ1) is 17.5. The van der Waals surface area contributed by atoms with Gasteiger partial charge in [-0.1, -0.05) is 6.07 Å². The summed E-state index contributed by atoms with van der Waals surface area (Å²) >= 11 is 0. The quantitative estimate of drug-likeness (QED) is 0.837. The lowest BCUT2D eigenvalue weighted by Crippen LogP contribution is -2.36. The molecule has 5 nitrogen and oxygen atoms in total. The van der Waals surface area contributed by atoms with E-state index >= 15 is 0 Å². The highest BCUT2D eigenvalue weighted by Crippen LogP contribution is 2.39. The van der Waals surface area contributed by atoms with Crippen molar-refractivity contribution in [3.8, 4) is 0 Å². The molecule has 1 saturated carbocycles. The van der Waals surface area contributed by atoms with E-state index in [-0.39, 0.29) is 12.5 Å². The summed E-state index contributed by atoms with van der Waals surface area (Å²) in [6.45, 7) is 1.33. The molecule has 0 aliphatic heterocycles. The van der Waals surface area contributed by atoms with Gasteiger partial charge in [0, 0.05) is 31.2 Å². The summed E-state index contributed by atoms with van der Waals surface area (Å²) in [6.07, 6.45) is 2.24. The van der Waals surface area contributed by atoms with Crippen LogP contribution in [0.1, 0.15) is 40.5 Å². The number of hydrogen-bond donors (Lipinski definition) is 1. The minimum Gasteiger partial charge on any atom is -0.332 e. The van der Waals surface area contributed by atoms with Gasteiger partial charge >= 0.3 is 0 Å². The van der Waals surface area contributed by atoms with Crippen molar-refractivity contribution in [2.75, 3.05) is 27.2 Å². The predicted molar refractivity (Wildman–Crippen MR) is 90.2 cm³/mol. The fourth-order valence-electron chi connectivity index (χ4n) is 2.64. The molecule has 1 amide bonds. The van der Waals surface area contributed by atoms with Gasteiger partial charge in [-0.15, -0.1) is 0 Å². The molecule has 0 bridgehead atoms. The molecule has 3 rings (SSSR count). The molecule has 0 atom stereocenters. The molecule has 0 unspecified atom stereocenters. The number of nitrogens with one attached hydrogen (secondary N) is 1. The van der Waals surface area contributed by atoms with Crippen LogP contribution in [-0.2, 0) is 6.54 Å². The standard InChI is InChI=1S/C18H22F2N4O/c1-23(2)7-8-24(11-12-3-6-14(19)15(20)9-12)18(25)17-10-16(21-22-17)13-4-5-13/h3,6,9-10,13H,4-5,7-8,11H2,1-2H3,(H,21,22). The smallest absolute Gasteiger partial charge is 0.274 e. The number of likely N-dealkylation sites (N-methyl/N-ethyl adjacent to an activating group) is 1. The Balaban J connectivity index is 1.76. The van der Waals surface area contributed by atoms with Crippen molar-refractivity contribution in [1.29, 1.82) is 0 Å². The summed E-state index contributed by atoms with van der Waals surface area (Å²) in [5.74, 6) is -1.53. The second kappa shape index (κ2) is 7.31. The third-order valence-electron chi connectivity index (χ3n) is 4.30. The van der Waals surface area contributed by atoms with Crippen LogP contribution < -0.4 is 0 Å². The molecule has 1 aromatic heterocycles. The van der Waals surface area contributed by atoms with E-state index in [0.717, 1.165) is 30.7 Å². The van der Waals surface area contributed by atoms with Crippen LogP contribution in [0.4, 0.5) is 8.78 Å². The van der Waals surface area contributed by atoms with Crippen molar-refractivity contribution in [3.05, 3.63) is 52.9 Å². The zero-order valence-corrected chi connectivity index (χ0v) is 14.4. The number of hydrogen-bond acceptors (Lipinski definition) is 3. The number of halogens is 2. The second-order valence-electron chi connectivity index (χ2n) is 6.76. The second-order valence-corrected chi connectivity index (χ2v) is 6.76. The highest BCUT2D eigenvalue weighted by atomic mass is 19.2. The predicted octanol–water partition coefficient (Wildman–Crippen LogP) is 2.77. The molecule has 134 valence electrons. The summed E-state index contributed by atoms with van der Waals surface area (Å²) < 4.78 is 26.6. The maximum absolute atomic E-state index is 13.5. The van der Waals surface area contributed by atoms with Crippen molar-refractivity contribution in [2.45, 2.75) is 25.3 Å². The monoisotopic (exact) mass is 348 g/mol. The summed E-state index contributed by atoms with van der Waals surface area (Å²) in [7, 11) is 3.83. The molecule has 25 heavy (non-hydrogen) atoms. The summed E-state index contributed by atoms with van der Waals surface area (Å²) in [5, 5.41) is 7.07. The highest BCUT2D eigenvalue weighted by Gasteiger charge is 2.27. The molecule has 1 aliphatic carbocycles. The lowest BCUT2D eigenvalue weighted by molar-refractivity contribution is 0.0725. The Morgan fingerprint density at radius 1 is 1.20 bits per heavy atom. The van der Waals surface area contributed by atoms with Gasteiger partial charge in [0.2, 0.25) is 0 Å². The number of aromatic nitrogens is 2. The highest BCUT2D eigenvalue weighted by molar-refractivity contribution is 5.92. The number of carbonyl (C=O) groups is 1. The first-order valence-electron chi connectivity index (χ1n) is 8.37. The average molecular weight is 348 g/mol. The van der Waals surface area contributed by atoms with E-state index in [0.29, 0.717) is 30.3 Å². The Bertz CT molecular complexity index is 755. The lowest BCUT2D eigenvalue weighted by atomic mass is 10.2. The number of benzene rings is 1. The maximum atomic E-state index is 13.5. The van der Waals surface area contributed by atoms with Crippen LogP contribution in [0.15, 0.2) is 24.3 Å². The topological polar surface area (TPSA) is 52.2 Å². The van der Waals surface area contributed by atoms with Gasteiger partial charge in [0.15, 0.2) is 11.6 Å². The first-order valence-corrected chi connectivity index (χ1v) is 8.37. The van der Waals surface area contributed by atoms with Gasteiger partial charge in [-0.25, -0.2) is 8.78 Å². The van der Waals surface area contributed by atoms with Crippen LogP contribution in [0, 0.1) is 11.6 Å². The Morgan fingerprint density at radius 3 is 2.60 bits per heavy atom. The summed E-state index contributed by atoms with van der Waals surface area (Å²) in [6, 6.07) is 5.51. The van der Waals surface area contributed by atoms with Gasteiger partial charge in [0.1, 0.15) is 5.69 Å². The van der Waals surface area contributed by atoms with Crippen LogP contribution in [0.25, 0.3) is 0 Å². The average Bonchev–Trinajstić information content (AvgIpc) is 3.31. The molecule has 1 N–H and O–H groups in total. The van der Waals surface area contributed by atoms with Gasteiger partial charge in [-0.3, -0.25) is 9.89 Å². The van der Waals surface area contributed by atoms with E-state index in [1.807, 2.05) is 19.0 Å². The number of rotatable bonds is 7. The van der Waals surface area contributed by atoms with Gasteiger partial charge in [-0.2, -0.15) is 5.10 Å². The minimum atomic E-state index is -0.909. The molecule has 0 spiro atoms. The molecule has 1 aliphatic rings. The molecule has 1 fully saturated rings. The van der Waals surface area contributed by atoms with Gasteiger partial charge < -0.3 is 9.80 Å². The largest absolute Gasteiger partial charge is 0.332 e. The summed E-state index contributed by atoms with van der Waals surface area (Å²) in [4.78, 5) is 16.4. The van der Waals surface area contributed by atoms with Gasteiger partial charge in [-0.05, 0) is 50.7 Å². The van der Waals surface area contributed by atoms with Crippen molar-refractivity contribution in [3.63, 3.8) is 0 Å². The molecular formula is C18H22F2N4O. The Kier molecular flexibility index (Phi) is 5.13. The number of carbonyl (C=O) groups excluding carboxylic acids is 1. The fourth-order valence-corrected chi connectivity index (χ4v) is 2.64. The maximum Gasteiger partial charge on any atom is 0.274 e. The molecule has 2 aromatic rings. The van der Waals surface area contributed by atoms with E-state index in [1.54, 1.807) is 11.0 Å². The van der Waals surface area contributed by atoms with Crippen LogP contribution in [-0.4, -0.2) is 53.1 Å². The van der Waals surface area contributed by atoms with Crippen LogP contribution in [0.5, 0.6) is 0 Å². The van der Waals surface area contributed by atoms with Crippen molar-refractivity contribution < 1.29 is 13.6 Å². The molecule has 7 heteroatoms. The third-order valence-corrected chi connectivity index (χ3v) is 4.30. The number of aromatic amines is 1. The van der Waals surface area contributed by atoms with Crippen LogP contribution >= 0.6 is 0 Å². The van der Waals surface area contributed by atoms with Gasteiger partial charge in [0.25, 0.3) is 5.91 Å². The Hall–Kier alpha value is -2.28. The zero-order chi connectivity index (χ0) is 18.0. The van der Waals surface area contributed by atoms with Crippen molar-refractivity contribution >= 4 is 5.91 Å². The molecule has 0 saturated heterocycles. The zero-order valence-electron chi connectivity index (χ0n) is 14.4. The van der Waals surface area contributed by atoms with Gasteiger partial charge in [0.05, 0.1) is 0 Å². The van der Waals surface area contributed by atoms with E-state index < -0.39 is 11.6 Å².